The molecule has 30 atom stereocenters. The van der Waals surface area contributed by atoms with E-state index in [1.165, 1.54) is 0 Å². The van der Waals surface area contributed by atoms with Crippen molar-refractivity contribution in [3.8, 4) is 0 Å². The molecule has 22 aliphatic rings. The average molecular weight is 973 g/mol. The molecule has 18 N–H and O–H groups in total. The first-order valence-corrected chi connectivity index (χ1v) is 21.1. The summed E-state index contributed by atoms with van der Waals surface area (Å²) in [6, 6.07) is 0. The van der Waals surface area contributed by atoms with Gasteiger partial charge in [-0.05, 0) is 0 Å². The van der Waals surface area contributed by atoms with Gasteiger partial charge in [0.25, 0.3) is 0 Å². The summed E-state index contributed by atoms with van der Waals surface area (Å²) in [4.78, 5) is 0. The highest BCUT2D eigenvalue weighted by molar-refractivity contribution is 5.01. The second-order valence-electron chi connectivity index (χ2n) is 16.8. The molecule has 0 aromatic rings. The minimum atomic E-state index is -2.15. The minimum Gasteiger partial charge on any atom is -0.394 e. The summed E-state index contributed by atoms with van der Waals surface area (Å²) in [7, 11) is 0. The van der Waals surface area contributed by atoms with Crippen molar-refractivity contribution in [3.05, 3.63) is 0 Å². The lowest BCUT2D eigenvalue weighted by Gasteiger charge is -2.50. The Labute approximate surface area is 372 Å². The summed E-state index contributed by atoms with van der Waals surface area (Å²) in [6.45, 7) is -5.99. The van der Waals surface area contributed by atoms with Gasteiger partial charge in [0.15, 0.2) is 37.7 Å². The number of aliphatic hydroxyl groups is 18. The molecule has 66 heavy (non-hydrogen) atoms. The molecule has 0 radical (unpaired) electrons. The summed E-state index contributed by atoms with van der Waals surface area (Å²) in [5, 5.41) is 196. The quantitative estimate of drug-likeness (QED) is 0.117. The van der Waals surface area contributed by atoms with Gasteiger partial charge in [0.05, 0.1) is 39.6 Å². The van der Waals surface area contributed by atoms with E-state index < -0.39 is 224 Å². The topological polar surface area (TPSA) is 475 Å². The standard InChI is InChI=1S/C36H60O30/c37-1-7-25-13(43)19(49)31(55-7)62-26-8(2-38)57-33(21(51)15(26)45)64-28-10(4-40)59-35(23(53)17(28)47)66-30-12(6-42)60-36(24(54)18(30)48)65-29-11(5-41)58-34(22(52)16(29)46)63-27-9(3-39)56-32(61-25)20(50)14(27)44/h7-54H,1-6H2/t7-,8-,9-,10-,11-,12-,13-,14-,15-,16-,17-,18-,19-,20+,21+,22+,23+,24-,25+,26-,27?,28+,29?,30?,31?,32?,33?,34?,35?,36?/m1/s1. The Morgan fingerprint density at radius 3 is 0.409 bits per heavy atom. The molecule has 22 saturated heterocycles. The van der Waals surface area contributed by atoms with Gasteiger partial charge in [-0.3, -0.25) is 0 Å². The normalized spacial score (nSPS) is 55.4. The predicted molar refractivity (Wildman–Crippen MR) is 196 cm³/mol. The Morgan fingerprint density at radius 2 is 0.303 bits per heavy atom. The van der Waals surface area contributed by atoms with Gasteiger partial charge in [-0.25, -0.2) is 0 Å². The Morgan fingerprint density at radius 1 is 0.182 bits per heavy atom. The van der Waals surface area contributed by atoms with E-state index in [9.17, 15) is 91.9 Å². The fourth-order valence-corrected chi connectivity index (χ4v) is 8.93. The third-order valence-corrected chi connectivity index (χ3v) is 12.7. The van der Waals surface area contributed by atoms with E-state index in [1.807, 2.05) is 0 Å². The van der Waals surface area contributed by atoms with E-state index >= 15 is 0 Å². The maximum atomic E-state index is 11.2. The van der Waals surface area contributed by atoms with Gasteiger partial charge < -0.3 is 149 Å². The molecule has 0 saturated carbocycles. The van der Waals surface area contributed by atoms with Crippen LogP contribution in [0.5, 0.6) is 0 Å². The summed E-state index contributed by atoms with van der Waals surface area (Å²) >= 11 is 0. The lowest BCUT2D eigenvalue weighted by molar-refractivity contribution is -0.404. The van der Waals surface area contributed by atoms with Crippen molar-refractivity contribution in [1.29, 1.82) is 0 Å². The van der Waals surface area contributed by atoms with Crippen LogP contribution < -0.4 is 0 Å². The van der Waals surface area contributed by atoms with Crippen molar-refractivity contribution in [3.63, 3.8) is 0 Å². The van der Waals surface area contributed by atoms with Gasteiger partial charge in [0.1, 0.15) is 146 Å². The summed E-state index contributed by atoms with van der Waals surface area (Å²) in [5.74, 6) is 0. The molecule has 0 aromatic heterocycles. The van der Waals surface area contributed by atoms with Crippen LogP contribution >= 0.6 is 0 Å². The van der Waals surface area contributed by atoms with Crippen molar-refractivity contribution < 1.29 is 149 Å². The minimum absolute atomic E-state index is 0.999. The highest BCUT2D eigenvalue weighted by atomic mass is 16.8. The maximum Gasteiger partial charge on any atom is 0.187 e. The highest BCUT2D eigenvalue weighted by Gasteiger charge is 2.58. The molecule has 0 amide bonds. The second kappa shape index (κ2) is 22.1. The fraction of sp³-hybridized carbons (Fsp3) is 1.00. The molecule has 12 bridgehead atoms. The number of hydrogen-bond acceptors (Lipinski definition) is 30. The zero-order valence-electron chi connectivity index (χ0n) is 34.5. The van der Waals surface area contributed by atoms with Gasteiger partial charge in [0, 0.05) is 0 Å². The Kier molecular flexibility index (Phi) is 17.6. The first kappa shape index (κ1) is 52.6. The van der Waals surface area contributed by atoms with Crippen LogP contribution in [0, 0.1) is 0 Å². The van der Waals surface area contributed by atoms with E-state index in [4.69, 9.17) is 56.8 Å². The second-order valence-corrected chi connectivity index (χ2v) is 16.8. The Hall–Kier alpha value is -1.20. The van der Waals surface area contributed by atoms with Crippen LogP contribution in [0.3, 0.4) is 0 Å². The van der Waals surface area contributed by atoms with Crippen molar-refractivity contribution >= 4 is 0 Å². The lowest BCUT2D eigenvalue weighted by Crippen LogP contribution is -2.69. The first-order valence-electron chi connectivity index (χ1n) is 21.1. The molecule has 22 rings (SSSR count). The van der Waals surface area contributed by atoms with E-state index in [1.54, 1.807) is 0 Å². The molecular formula is C36H60O30. The van der Waals surface area contributed by atoms with Gasteiger partial charge in [-0.2, -0.15) is 0 Å². The molecule has 0 spiro atoms. The van der Waals surface area contributed by atoms with Crippen molar-refractivity contribution in [2.24, 2.45) is 0 Å². The van der Waals surface area contributed by atoms with Crippen LogP contribution in [0.4, 0.5) is 0 Å². The number of hydrogen-bond donors (Lipinski definition) is 18. The van der Waals surface area contributed by atoms with Crippen molar-refractivity contribution in [2.75, 3.05) is 39.6 Å². The molecule has 30 heteroatoms. The molecule has 0 aromatic carbocycles. The van der Waals surface area contributed by atoms with E-state index in [0.717, 1.165) is 0 Å². The molecule has 22 fully saturated rings. The molecule has 384 valence electrons. The van der Waals surface area contributed by atoms with Crippen LogP contribution in [0.2, 0.25) is 0 Å². The van der Waals surface area contributed by atoms with Crippen LogP contribution in [0.1, 0.15) is 0 Å². The maximum absolute atomic E-state index is 11.2. The first-order chi connectivity index (χ1) is 31.4. The number of ether oxygens (including phenoxy) is 12. The summed E-state index contributed by atoms with van der Waals surface area (Å²) < 4.78 is 67.9. The predicted octanol–water partition coefficient (Wildman–Crippen LogP) is -13.1. The zero-order valence-corrected chi connectivity index (χ0v) is 34.5. The smallest absolute Gasteiger partial charge is 0.187 e. The molecule has 0 aliphatic carbocycles. The van der Waals surface area contributed by atoms with E-state index in [-0.39, 0.29) is 0 Å². The molecule has 22 aliphatic heterocycles. The third kappa shape index (κ3) is 10.0. The van der Waals surface area contributed by atoms with Gasteiger partial charge >= 0.3 is 0 Å². The SMILES string of the molecule is OC[C@H]1OC2O[C@@H]3[C@H](O)[C@@H](O)C(O[C@H]4[C@H](O)[C@H](O)C(O[C@@H]5[C@H](O)[C@H](O)C(OC6[C@@H](CO)OC(OC7[C@@H](CO)OC(OC1[C@H](O)[C@@H]2O)[C@@H](O)[C@H]7O)[C@H](O)[C@H]6O)O[C@@H]5CO)O[C@@H]4CO)O[C@@H]3CO. The monoisotopic (exact) mass is 972 g/mol. The van der Waals surface area contributed by atoms with Crippen LogP contribution in [-0.4, -0.2) is 316 Å². The van der Waals surface area contributed by atoms with Crippen LogP contribution in [0.25, 0.3) is 0 Å². The summed E-state index contributed by atoms with van der Waals surface area (Å²) in [5.41, 5.74) is 0. The number of aliphatic hydroxyl groups excluding tert-OH is 18. The summed E-state index contributed by atoms with van der Waals surface area (Å²) in [6.07, 6.45) is -58.5. The molecular weight excluding hydrogens is 912 g/mol. The zero-order chi connectivity index (χ0) is 48.0. The fourth-order valence-electron chi connectivity index (χ4n) is 8.93. The Balaban J connectivity index is 1.19. The highest BCUT2D eigenvalue weighted by Crippen LogP contribution is 2.38. The molecule has 9 unspecified atom stereocenters. The molecule has 30 nitrogen and oxygen atoms in total. The van der Waals surface area contributed by atoms with E-state index in [0.29, 0.717) is 0 Å². The van der Waals surface area contributed by atoms with Gasteiger partial charge in [-0.15, -0.1) is 0 Å². The van der Waals surface area contributed by atoms with Crippen molar-refractivity contribution in [1.82, 2.24) is 0 Å². The number of rotatable bonds is 6. The van der Waals surface area contributed by atoms with Gasteiger partial charge in [0.2, 0.25) is 0 Å². The van der Waals surface area contributed by atoms with Crippen molar-refractivity contribution in [2.45, 2.75) is 184 Å². The van der Waals surface area contributed by atoms with E-state index in [2.05, 4.69) is 0 Å². The lowest BCUT2D eigenvalue weighted by atomic mass is 9.94. The van der Waals surface area contributed by atoms with Gasteiger partial charge in [-0.1, -0.05) is 0 Å². The Bertz CT molecular complexity index is 1230. The molecule has 22 heterocycles. The largest absolute Gasteiger partial charge is 0.394 e. The third-order valence-electron chi connectivity index (χ3n) is 12.7. The average Bonchev–Trinajstić information content (AvgIpc) is 3.31. The van der Waals surface area contributed by atoms with Crippen LogP contribution in [0.15, 0.2) is 0 Å². The van der Waals surface area contributed by atoms with Crippen LogP contribution in [-0.2, 0) is 56.8 Å².